The van der Waals surface area contributed by atoms with E-state index in [1.165, 1.54) is 16.9 Å². The van der Waals surface area contributed by atoms with Gasteiger partial charge in [-0.1, -0.05) is 24.3 Å². The molecule has 0 aliphatic carbocycles. The minimum absolute atomic E-state index is 0.786. The van der Waals surface area contributed by atoms with E-state index < -0.39 is 0 Å². The summed E-state index contributed by atoms with van der Waals surface area (Å²) in [5.41, 5.74) is 8.00. The van der Waals surface area contributed by atoms with Crippen molar-refractivity contribution >= 4 is 28.0 Å². The molecule has 5 aromatic rings. The van der Waals surface area contributed by atoms with Crippen LogP contribution in [0.3, 0.4) is 0 Å². The number of benzene rings is 2. The SMILES string of the molecule is CN1CN(c2ccc(Cn3ccnc3)cc2)c2c1cnc1ccc(-c3cccnc3)cc21. The van der Waals surface area contributed by atoms with Crippen LogP contribution in [0.4, 0.5) is 17.1 Å². The van der Waals surface area contributed by atoms with Crippen molar-refractivity contribution in [3.63, 3.8) is 0 Å². The van der Waals surface area contributed by atoms with E-state index in [9.17, 15) is 0 Å². The average molecular weight is 419 g/mol. The molecule has 156 valence electrons. The lowest BCUT2D eigenvalue weighted by Crippen LogP contribution is -2.24. The predicted molar refractivity (Wildman–Crippen MR) is 128 cm³/mol. The molecule has 32 heavy (non-hydrogen) atoms. The first-order chi connectivity index (χ1) is 15.8. The maximum Gasteiger partial charge on any atom is 0.0950 e. The summed E-state index contributed by atoms with van der Waals surface area (Å²) in [5, 5.41) is 1.15. The molecule has 0 atom stereocenters. The minimum Gasteiger partial charge on any atom is -0.354 e. The summed E-state index contributed by atoms with van der Waals surface area (Å²) in [6.07, 6.45) is 11.3. The van der Waals surface area contributed by atoms with Crippen LogP contribution in [-0.4, -0.2) is 33.2 Å². The molecule has 0 N–H and O–H groups in total. The number of rotatable bonds is 4. The normalized spacial score (nSPS) is 13.0. The largest absolute Gasteiger partial charge is 0.354 e. The number of aromatic nitrogens is 4. The molecule has 0 radical (unpaired) electrons. The van der Waals surface area contributed by atoms with Crippen LogP contribution in [0.2, 0.25) is 0 Å². The van der Waals surface area contributed by atoms with Crippen molar-refractivity contribution in [2.75, 3.05) is 23.5 Å². The molecule has 6 rings (SSSR count). The lowest BCUT2D eigenvalue weighted by atomic mass is 10.0. The summed E-state index contributed by atoms with van der Waals surface area (Å²) in [6, 6.07) is 19.3. The summed E-state index contributed by atoms with van der Waals surface area (Å²) in [4.78, 5) is 17.8. The Labute approximate surface area is 186 Å². The summed E-state index contributed by atoms with van der Waals surface area (Å²) in [6.45, 7) is 1.60. The van der Waals surface area contributed by atoms with Gasteiger partial charge in [-0.2, -0.15) is 0 Å². The van der Waals surface area contributed by atoms with Crippen LogP contribution in [0.1, 0.15) is 5.56 Å². The molecule has 0 saturated heterocycles. The van der Waals surface area contributed by atoms with Crippen molar-refractivity contribution in [1.82, 2.24) is 19.5 Å². The van der Waals surface area contributed by atoms with E-state index in [4.69, 9.17) is 4.98 Å². The number of hydrogen-bond donors (Lipinski definition) is 0. The monoisotopic (exact) mass is 418 g/mol. The van der Waals surface area contributed by atoms with Gasteiger partial charge in [-0.05, 0) is 41.5 Å². The van der Waals surface area contributed by atoms with Crippen molar-refractivity contribution in [1.29, 1.82) is 0 Å². The molecule has 6 nitrogen and oxygen atoms in total. The summed E-state index contributed by atoms with van der Waals surface area (Å²) >= 11 is 0. The Hall–Kier alpha value is -4.19. The fraction of sp³-hybridized carbons (Fsp3) is 0.115. The van der Waals surface area contributed by atoms with E-state index in [0.29, 0.717) is 0 Å². The molecule has 0 bridgehead atoms. The van der Waals surface area contributed by atoms with Crippen molar-refractivity contribution in [3.8, 4) is 11.1 Å². The van der Waals surface area contributed by atoms with E-state index in [-0.39, 0.29) is 0 Å². The van der Waals surface area contributed by atoms with E-state index in [1.807, 2.05) is 37.2 Å². The third kappa shape index (κ3) is 3.17. The molecule has 3 aromatic heterocycles. The molecule has 1 aliphatic heterocycles. The highest BCUT2D eigenvalue weighted by Gasteiger charge is 2.27. The third-order valence-corrected chi connectivity index (χ3v) is 6.02. The van der Waals surface area contributed by atoms with Gasteiger partial charge in [-0.15, -0.1) is 0 Å². The van der Waals surface area contributed by atoms with E-state index in [1.54, 1.807) is 6.20 Å². The Morgan fingerprint density at radius 2 is 1.81 bits per heavy atom. The lowest BCUT2D eigenvalue weighted by molar-refractivity contribution is 0.797. The summed E-state index contributed by atoms with van der Waals surface area (Å²) in [5.74, 6) is 0. The van der Waals surface area contributed by atoms with Gasteiger partial charge in [0.1, 0.15) is 0 Å². The highest BCUT2D eigenvalue weighted by Crippen LogP contribution is 2.44. The van der Waals surface area contributed by atoms with Gasteiger partial charge in [-0.25, -0.2) is 4.98 Å². The fourth-order valence-electron chi connectivity index (χ4n) is 4.39. The first-order valence-electron chi connectivity index (χ1n) is 10.6. The van der Waals surface area contributed by atoms with Gasteiger partial charge >= 0.3 is 0 Å². The molecule has 0 spiro atoms. The van der Waals surface area contributed by atoms with Crippen molar-refractivity contribution < 1.29 is 0 Å². The van der Waals surface area contributed by atoms with Crippen LogP contribution in [0.15, 0.2) is 91.9 Å². The standard InChI is InChI=1S/C26H22N6/c1-30-18-32(22-7-4-19(5-8-22)16-31-12-11-28-17-31)26-23-13-20(21-3-2-10-27-14-21)6-9-24(23)29-15-25(26)30/h2-15,17H,16,18H2,1H3. The molecular formula is C26H22N6. The average Bonchev–Trinajstić information content (AvgIpc) is 3.48. The second kappa shape index (κ2) is 7.50. The van der Waals surface area contributed by atoms with Crippen LogP contribution < -0.4 is 9.80 Å². The molecule has 0 saturated carbocycles. The fourth-order valence-corrected chi connectivity index (χ4v) is 4.39. The van der Waals surface area contributed by atoms with Crippen molar-refractivity contribution in [3.05, 3.63) is 97.5 Å². The predicted octanol–water partition coefficient (Wildman–Crippen LogP) is 5.09. The first-order valence-corrected chi connectivity index (χ1v) is 10.6. The Morgan fingerprint density at radius 1 is 0.906 bits per heavy atom. The molecule has 0 unspecified atom stereocenters. The minimum atomic E-state index is 0.786. The number of pyridine rings is 2. The van der Waals surface area contributed by atoms with Crippen LogP contribution in [0.5, 0.6) is 0 Å². The maximum absolute atomic E-state index is 4.73. The summed E-state index contributed by atoms with van der Waals surface area (Å²) in [7, 11) is 2.12. The maximum atomic E-state index is 4.73. The molecule has 6 heteroatoms. The molecule has 2 aromatic carbocycles. The van der Waals surface area contributed by atoms with Gasteiger partial charge in [0, 0.05) is 55.0 Å². The molecule has 4 heterocycles. The van der Waals surface area contributed by atoms with Gasteiger partial charge < -0.3 is 14.4 Å². The Balaban J connectivity index is 1.42. The van der Waals surface area contributed by atoms with Gasteiger partial charge in [0.2, 0.25) is 0 Å². The topological polar surface area (TPSA) is 50.1 Å². The zero-order chi connectivity index (χ0) is 21.5. The van der Waals surface area contributed by atoms with E-state index in [0.717, 1.165) is 40.9 Å². The first kappa shape index (κ1) is 18.6. The molecule has 1 aliphatic rings. The van der Waals surface area contributed by atoms with Crippen LogP contribution in [-0.2, 0) is 6.54 Å². The Morgan fingerprint density at radius 3 is 2.59 bits per heavy atom. The number of imidazole rings is 1. The number of fused-ring (bicyclic) bond motifs is 3. The Bertz CT molecular complexity index is 1380. The number of anilines is 3. The zero-order valence-electron chi connectivity index (χ0n) is 17.8. The van der Waals surface area contributed by atoms with Crippen LogP contribution >= 0.6 is 0 Å². The Kier molecular flexibility index (Phi) is 4.35. The highest BCUT2D eigenvalue weighted by molar-refractivity contribution is 6.04. The number of nitrogens with zero attached hydrogens (tertiary/aromatic N) is 6. The molecule has 0 amide bonds. The van der Waals surface area contributed by atoms with Gasteiger partial charge in [0.25, 0.3) is 0 Å². The highest BCUT2D eigenvalue weighted by atomic mass is 15.4. The van der Waals surface area contributed by atoms with Crippen molar-refractivity contribution in [2.45, 2.75) is 6.54 Å². The summed E-state index contributed by atoms with van der Waals surface area (Å²) < 4.78 is 2.08. The lowest BCUT2D eigenvalue weighted by Gasteiger charge is -2.21. The smallest absolute Gasteiger partial charge is 0.0950 e. The molecular weight excluding hydrogens is 396 g/mol. The number of hydrogen-bond acceptors (Lipinski definition) is 5. The second-order valence-corrected chi connectivity index (χ2v) is 8.13. The quantitative estimate of drug-likeness (QED) is 0.407. The van der Waals surface area contributed by atoms with Gasteiger partial charge in [0.05, 0.1) is 36.1 Å². The van der Waals surface area contributed by atoms with Crippen LogP contribution in [0, 0.1) is 0 Å². The second-order valence-electron chi connectivity index (χ2n) is 8.13. The van der Waals surface area contributed by atoms with E-state index >= 15 is 0 Å². The van der Waals surface area contributed by atoms with Crippen LogP contribution in [0.25, 0.3) is 22.0 Å². The van der Waals surface area contributed by atoms with Crippen molar-refractivity contribution in [2.24, 2.45) is 0 Å². The van der Waals surface area contributed by atoms with Gasteiger partial charge in [-0.3, -0.25) is 9.97 Å². The third-order valence-electron chi connectivity index (χ3n) is 6.02. The van der Waals surface area contributed by atoms with E-state index in [2.05, 4.69) is 79.9 Å². The zero-order valence-corrected chi connectivity index (χ0v) is 17.8. The molecule has 0 fully saturated rings. The van der Waals surface area contributed by atoms with Gasteiger partial charge in [0.15, 0.2) is 0 Å².